The number of carbonyl (C=O) groups excluding carboxylic acids is 1. The molecular formula is C21H19F3O3. The van der Waals surface area contributed by atoms with E-state index in [4.69, 9.17) is 9.47 Å². The fraction of sp³-hybridized carbons (Fsp3) is 0.286. The second-order valence-electron chi connectivity index (χ2n) is 6.99. The third-order valence-electron chi connectivity index (χ3n) is 4.31. The van der Waals surface area contributed by atoms with Crippen LogP contribution >= 0.6 is 0 Å². The standard InChI is InChI=1S/C21H19F3O3/c1-20(2)12-15-10-14(8-9-18(15)27-20)19(25)16(21(22,23)24)11-13-6-4-5-7-17(13)26-3/h4-11H,12H2,1-3H3. The zero-order valence-corrected chi connectivity index (χ0v) is 15.2. The second-order valence-corrected chi connectivity index (χ2v) is 6.99. The average Bonchev–Trinajstić information content (AvgIpc) is 2.91. The number of rotatable bonds is 4. The number of alkyl halides is 3. The fourth-order valence-electron chi connectivity index (χ4n) is 3.12. The molecule has 0 spiro atoms. The Labute approximate surface area is 155 Å². The normalized spacial score (nSPS) is 15.9. The van der Waals surface area contributed by atoms with Crippen molar-refractivity contribution in [3.63, 3.8) is 0 Å². The number of Topliss-reactive ketones (excluding diaryl/α,β-unsaturated/α-hetero) is 1. The van der Waals surface area contributed by atoms with Gasteiger partial charge in [0.1, 0.15) is 22.7 Å². The van der Waals surface area contributed by atoms with Crippen LogP contribution in [0.3, 0.4) is 0 Å². The lowest BCUT2D eigenvalue weighted by atomic mass is 9.96. The molecule has 1 heterocycles. The molecule has 2 aromatic rings. The Morgan fingerprint density at radius 2 is 1.89 bits per heavy atom. The molecule has 0 aliphatic carbocycles. The van der Waals surface area contributed by atoms with Gasteiger partial charge in [-0.15, -0.1) is 0 Å². The molecule has 0 bridgehead atoms. The van der Waals surface area contributed by atoms with E-state index in [2.05, 4.69) is 0 Å². The van der Waals surface area contributed by atoms with Gasteiger partial charge < -0.3 is 9.47 Å². The summed E-state index contributed by atoms with van der Waals surface area (Å²) in [5.41, 5.74) is -0.793. The highest BCUT2D eigenvalue weighted by molar-refractivity contribution is 6.12. The van der Waals surface area contributed by atoms with E-state index in [-0.39, 0.29) is 16.9 Å². The molecule has 1 aliphatic heterocycles. The Morgan fingerprint density at radius 1 is 1.19 bits per heavy atom. The van der Waals surface area contributed by atoms with Gasteiger partial charge in [0.2, 0.25) is 0 Å². The predicted molar refractivity (Wildman–Crippen MR) is 96.2 cm³/mol. The molecule has 0 atom stereocenters. The summed E-state index contributed by atoms with van der Waals surface area (Å²) >= 11 is 0. The second kappa shape index (κ2) is 6.76. The number of allylic oxidation sites excluding steroid dienone is 1. The van der Waals surface area contributed by atoms with Gasteiger partial charge in [-0.05, 0) is 49.8 Å². The van der Waals surface area contributed by atoms with Gasteiger partial charge in [0.15, 0.2) is 5.78 Å². The number of methoxy groups -OCH3 is 1. The van der Waals surface area contributed by atoms with Crippen LogP contribution in [0, 0.1) is 0 Å². The molecule has 142 valence electrons. The van der Waals surface area contributed by atoms with E-state index in [1.807, 2.05) is 13.8 Å². The van der Waals surface area contributed by atoms with Crippen LogP contribution in [-0.4, -0.2) is 24.7 Å². The number of hydrogen-bond acceptors (Lipinski definition) is 3. The molecule has 1 aliphatic rings. The van der Waals surface area contributed by atoms with E-state index in [1.54, 1.807) is 24.3 Å². The summed E-state index contributed by atoms with van der Waals surface area (Å²) < 4.78 is 51.7. The van der Waals surface area contributed by atoms with Gasteiger partial charge in [-0.3, -0.25) is 4.79 Å². The quantitative estimate of drug-likeness (QED) is 0.541. The molecule has 0 amide bonds. The zero-order chi connectivity index (χ0) is 19.8. The number of halogens is 3. The Kier molecular flexibility index (Phi) is 4.76. The van der Waals surface area contributed by atoms with Gasteiger partial charge in [0, 0.05) is 17.5 Å². The number of ether oxygens (including phenoxy) is 2. The van der Waals surface area contributed by atoms with Gasteiger partial charge in [0.25, 0.3) is 0 Å². The van der Waals surface area contributed by atoms with Gasteiger partial charge in [-0.2, -0.15) is 13.2 Å². The SMILES string of the molecule is COc1ccccc1C=C(C(=O)c1ccc2c(c1)CC(C)(C)O2)C(F)(F)F. The van der Waals surface area contributed by atoms with E-state index in [9.17, 15) is 18.0 Å². The van der Waals surface area contributed by atoms with Crippen LogP contribution in [-0.2, 0) is 6.42 Å². The van der Waals surface area contributed by atoms with Crippen molar-refractivity contribution >= 4 is 11.9 Å². The molecular weight excluding hydrogens is 357 g/mol. The first-order valence-electron chi connectivity index (χ1n) is 8.39. The Bertz CT molecular complexity index is 911. The molecule has 0 saturated carbocycles. The minimum absolute atomic E-state index is 0.0199. The first-order chi connectivity index (χ1) is 12.6. The van der Waals surface area contributed by atoms with Crippen molar-refractivity contribution in [3.05, 3.63) is 64.7 Å². The van der Waals surface area contributed by atoms with Crippen LogP contribution in [0.5, 0.6) is 11.5 Å². The van der Waals surface area contributed by atoms with E-state index < -0.39 is 23.1 Å². The zero-order valence-electron chi connectivity index (χ0n) is 15.2. The molecule has 3 nitrogen and oxygen atoms in total. The number of carbonyl (C=O) groups is 1. The lowest BCUT2D eigenvalue weighted by Gasteiger charge is -2.16. The number of ketones is 1. The maximum Gasteiger partial charge on any atom is 0.420 e. The largest absolute Gasteiger partial charge is 0.496 e. The van der Waals surface area contributed by atoms with Crippen molar-refractivity contribution in [1.29, 1.82) is 0 Å². The first-order valence-corrected chi connectivity index (χ1v) is 8.39. The van der Waals surface area contributed by atoms with Crippen molar-refractivity contribution in [1.82, 2.24) is 0 Å². The molecule has 3 rings (SSSR count). The van der Waals surface area contributed by atoms with E-state index in [0.29, 0.717) is 12.2 Å². The summed E-state index contributed by atoms with van der Waals surface area (Å²) in [5, 5.41) is 0. The summed E-state index contributed by atoms with van der Waals surface area (Å²) in [7, 11) is 1.37. The smallest absolute Gasteiger partial charge is 0.420 e. The van der Waals surface area contributed by atoms with Crippen LogP contribution < -0.4 is 9.47 Å². The van der Waals surface area contributed by atoms with E-state index >= 15 is 0 Å². The highest BCUT2D eigenvalue weighted by Crippen LogP contribution is 2.37. The summed E-state index contributed by atoms with van der Waals surface area (Å²) in [5.74, 6) is -0.226. The van der Waals surface area contributed by atoms with Crippen molar-refractivity contribution in [2.75, 3.05) is 7.11 Å². The number of benzene rings is 2. The topological polar surface area (TPSA) is 35.5 Å². The Balaban J connectivity index is 2.03. The maximum atomic E-state index is 13.6. The van der Waals surface area contributed by atoms with Crippen LogP contribution in [0.4, 0.5) is 13.2 Å². The van der Waals surface area contributed by atoms with Gasteiger partial charge in [0.05, 0.1) is 7.11 Å². The number of fused-ring (bicyclic) bond motifs is 1. The Hall–Kier alpha value is -2.76. The first kappa shape index (κ1) is 19.0. The highest BCUT2D eigenvalue weighted by atomic mass is 19.4. The van der Waals surface area contributed by atoms with Crippen LogP contribution in [0.25, 0.3) is 6.08 Å². The summed E-state index contributed by atoms with van der Waals surface area (Å²) in [6.07, 6.45) is -3.44. The van der Waals surface area contributed by atoms with Gasteiger partial charge in [-0.25, -0.2) is 0 Å². The molecule has 0 fully saturated rings. The molecule has 0 saturated heterocycles. The molecule has 0 unspecified atom stereocenters. The third kappa shape index (κ3) is 3.99. The average molecular weight is 376 g/mol. The van der Waals surface area contributed by atoms with Crippen LogP contribution in [0.2, 0.25) is 0 Å². The minimum Gasteiger partial charge on any atom is -0.496 e. The molecule has 0 N–H and O–H groups in total. The van der Waals surface area contributed by atoms with E-state index in [1.165, 1.54) is 25.3 Å². The van der Waals surface area contributed by atoms with Gasteiger partial charge >= 0.3 is 6.18 Å². The molecule has 0 aromatic heterocycles. The van der Waals surface area contributed by atoms with Crippen molar-refractivity contribution in [3.8, 4) is 11.5 Å². The minimum atomic E-state index is -4.80. The van der Waals surface area contributed by atoms with Crippen LogP contribution in [0.15, 0.2) is 48.0 Å². The summed E-state index contributed by atoms with van der Waals surface area (Å²) in [6.45, 7) is 3.77. The predicted octanol–water partition coefficient (Wildman–Crippen LogP) is 5.24. The van der Waals surface area contributed by atoms with E-state index in [0.717, 1.165) is 11.6 Å². The molecule has 6 heteroatoms. The Morgan fingerprint density at radius 3 is 2.56 bits per heavy atom. The monoisotopic (exact) mass is 376 g/mol. The maximum absolute atomic E-state index is 13.6. The third-order valence-corrected chi connectivity index (χ3v) is 4.31. The van der Waals surface area contributed by atoms with Crippen molar-refractivity contribution < 1.29 is 27.4 Å². The summed E-state index contributed by atoms with van der Waals surface area (Å²) in [6, 6.07) is 10.6. The fourth-order valence-corrected chi connectivity index (χ4v) is 3.12. The summed E-state index contributed by atoms with van der Waals surface area (Å²) in [4.78, 5) is 12.7. The number of para-hydroxylation sites is 1. The molecule has 0 radical (unpaired) electrons. The number of hydrogen-bond donors (Lipinski definition) is 0. The van der Waals surface area contributed by atoms with Gasteiger partial charge in [-0.1, -0.05) is 18.2 Å². The highest BCUT2D eigenvalue weighted by Gasteiger charge is 2.39. The van der Waals surface area contributed by atoms with Crippen LogP contribution in [0.1, 0.15) is 35.3 Å². The lowest BCUT2D eigenvalue weighted by Crippen LogP contribution is -2.24. The lowest BCUT2D eigenvalue weighted by molar-refractivity contribution is -0.0878. The molecule has 27 heavy (non-hydrogen) atoms. The van der Waals surface area contributed by atoms with Crippen molar-refractivity contribution in [2.45, 2.75) is 32.0 Å². The molecule has 2 aromatic carbocycles. The van der Waals surface area contributed by atoms with Crippen molar-refractivity contribution in [2.24, 2.45) is 0 Å².